The second-order valence-electron chi connectivity index (χ2n) is 4.53. The number of aryl methyl sites for hydroxylation is 1. The van der Waals surface area contributed by atoms with E-state index in [4.69, 9.17) is 27.6 Å². The molecule has 4 nitrogen and oxygen atoms in total. The van der Waals surface area contributed by atoms with E-state index in [1.54, 1.807) is 30.3 Å². The molecular weight excluding hydrogens is 311 g/mol. The molecule has 0 fully saturated rings. The summed E-state index contributed by atoms with van der Waals surface area (Å²) in [5.74, 6) is -0.182. The highest BCUT2D eigenvalue weighted by molar-refractivity contribution is 6.42. The third-order valence-corrected chi connectivity index (χ3v) is 3.65. The molecule has 2 heterocycles. The van der Waals surface area contributed by atoms with Crippen LogP contribution in [0.15, 0.2) is 40.8 Å². The fourth-order valence-electron chi connectivity index (χ4n) is 1.90. The van der Waals surface area contributed by atoms with E-state index in [0.29, 0.717) is 26.8 Å². The molecule has 0 atom stereocenters. The minimum absolute atomic E-state index is 0.189. The smallest absolute Gasteiger partial charge is 0.291 e. The number of hydrogen-bond acceptors (Lipinski definition) is 3. The number of rotatable bonds is 2. The Morgan fingerprint density at radius 1 is 1.14 bits per heavy atom. The number of pyridine rings is 1. The highest BCUT2D eigenvalue weighted by atomic mass is 35.5. The van der Waals surface area contributed by atoms with E-state index in [1.807, 2.05) is 13.0 Å². The lowest BCUT2D eigenvalue weighted by atomic mass is 10.3. The zero-order valence-corrected chi connectivity index (χ0v) is 12.5. The summed E-state index contributed by atoms with van der Waals surface area (Å²) in [6.45, 7) is 1.88. The first-order valence-electron chi connectivity index (χ1n) is 6.16. The van der Waals surface area contributed by atoms with Crippen molar-refractivity contribution >= 4 is 45.9 Å². The van der Waals surface area contributed by atoms with Crippen LogP contribution in [0.1, 0.15) is 16.2 Å². The molecular formula is C15H10Cl2N2O2. The molecule has 0 radical (unpaired) electrons. The van der Waals surface area contributed by atoms with Gasteiger partial charge in [0, 0.05) is 17.4 Å². The number of fused-ring (bicyclic) bond motifs is 1. The third-order valence-electron chi connectivity index (χ3n) is 2.91. The number of anilines is 1. The fraction of sp³-hybridized carbons (Fsp3) is 0.0667. The number of nitrogens with one attached hydrogen (secondary N) is 1. The molecule has 0 aliphatic heterocycles. The van der Waals surface area contributed by atoms with E-state index in [9.17, 15) is 4.79 Å². The highest BCUT2D eigenvalue weighted by Gasteiger charge is 2.13. The molecule has 0 saturated heterocycles. The van der Waals surface area contributed by atoms with Gasteiger partial charge in [0.1, 0.15) is 5.52 Å². The van der Waals surface area contributed by atoms with Gasteiger partial charge in [-0.3, -0.25) is 4.79 Å². The summed E-state index contributed by atoms with van der Waals surface area (Å²) in [5.41, 5.74) is 2.62. The van der Waals surface area contributed by atoms with Gasteiger partial charge in [0.05, 0.1) is 10.0 Å². The van der Waals surface area contributed by atoms with Crippen LogP contribution in [0.3, 0.4) is 0 Å². The van der Waals surface area contributed by atoms with E-state index in [2.05, 4.69) is 10.3 Å². The van der Waals surface area contributed by atoms with Crippen molar-refractivity contribution in [1.82, 2.24) is 4.98 Å². The average Bonchev–Trinajstić information content (AvgIpc) is 2.86. The zero-order chi connectivity index (χ0) is 15.0. The summed E-state index contributed by atoms with van der Waals surface area (Å²) < 4.78 is 5.48. The Kier molecular flexibility index (Phi) is 3.57. The zero-order valence-electron chi connectivity index (χ0n) is 11.0. The van der Waals surface area contributed by atoms with Crippen LogP contribution in [-0.4, -0.2) is 10.9 Å². The van der Waals surface area contributed by atoms with E-state index in [-0.39, 0.29) is 11.7 Å². The number of benzene rings is 1. The lowest BCUT2D eigenvalue weighted by Gasteiger charge is -2.04. The van der Waals surface area contributed by atoms with Gasteiger partial charge in [-0.1, -0.05) is 23.2 Å². The molecule has 0 unspecified atom stereocenters. The summed E-state index contributed by atoms with van der Waals surface area (Å²) >= 11 is 11.7. The van der Waals surface area contributed by atoms with Crippen LogP contribution in [0.25, 0.3) is 11.1 Å². The summed E-state index contributed by atoms with van der Waals surface area (Å²) in [7, 11) is 0. The van der Waals surface area contributed by atoms with Crippen molar-refractivity contribution in [2.45, 2.75) is 6.92 Å². The standard InChI is InChI=1S/C15H10Cl2N2O2/c1-8-2-5-13-12(18-8)7-14(21-13)15(20)19-9-3-4-10(16)11(17)6-9/h2-7H,1H3,(H,19,20). The molecule has 1 aromatic carbocycles. The van der Waals surface area contributed by atoms with Gasteiger partial charge in [-0.05, 0) is 37.3 Å². The van der Waals surface area contributed by atoms with Gasteiger partial charge >= 0.3 is 0 Å². The lowest BCUT2D eigenvalue weighted by Crippen LogP contribution is -2.10. The maximum Gasteiger partial charge on any atom is 0.291 e. The highest BCUT2D eigenvalue weighted by Crippen LogP contribution is 2.26. The molecule has 106 valence electrons. The second-order valence-corrected chi connectivity index (χ2v) is 5.34. The molecule has 0 spiro atoms. The second kappa shape index (κ2) is 5.39. The summed E-state index contributed by atoms with van der Waals surface area (Å²) in [4.78, 5) is 16.5. The molecule has 21 heavy (non-hydrogen) atoms. The van der Waals surface area contributed by atoms with E-state index >= 15 is 0 Å². The fourth-order valence-corrected chi connectivity index (χ4v) is 2.20. The molecule has 0 saturated carbocycles. The van der Waals surface area contributed by atoms with Crippen molar-refractivity contribution in [3.05, 3.63) is 57.9 Å². The van der Waals surface area contributed by atoms with Crippen molar-refractivity contribution in [2.24, 2.45) is 0 Å². The van der Waals surface area contributed by atoms with Crippen LogP contribution in [0.4, 0.5) is 5.69 Å². The SMILES string of the molecule is Cc1ccc2oc(C(=O)Nc3ccc(Cl)c(Cl)c3)cc2n1. The Morgan fingerprint density at radius 2 is 1.95 bits per heavy atom. The van der Waals surface area contributed by atoms with Crippen molar-refractivity contribution in [3.63, 3.8) is 0 Å². The summed E-state index contributed by atoms with van der Waals surface area (Å²) in [5, 5.41) is 3.50. The van der Waals surface area contributed by atoms with Gasteiger partial charge in [-0.2, -0.15) is 0 Å². The Bertz CT molecular complexity index is 843. The molecule has 6 heteroatoms. The van der Waals surface area contributed by atoms with E-state index < -0.39 is 0 Å². The largest absolute Gasteiger partial charge is 0.449 e. The van der Waals surface area contributed by atoms with Gasteiger partial charge in [-0.25, -0.2) is 4.98 Å². The maximum absolute atomic E-state index is 12.2. The van der Waals surface area contributed by atoms with Crippen LogP contribution < -0.4 is 5.32 Å². The first-order valence-corrected chi connectivity index (χ1v) is 6.92. The molecule has 3 aromatic rings. The number of aromatic nitrogens is 1. The quantitative estimate of drug-likeness (QED) is 0.744. The third kappa shape index (κ3) is 2.86. The minimum Gasteiger partial charge on any atom is -0.449 e. The molecule has 1 N–H and O–H groups in total. The Labute approximate surface area is 130 Å². The maximum atomic E-state index is 12.2. The van der Waals surface area contributed by atoms with Gasteiger partial charge < -0.3 is 9.73 Å². The topological polar surface area (TPSA) is 55.1 Å². The van der Waals surface area contributed by atoms with Crippen LogP contribution in [0.2, 0.25) is 10.0 Å². The number of halogens is 2. The first kappa shape index (κ1) is 13.9. The van der Waals surface area contributed by atoms with Gasteiger partial charge in [0.2, 0.25) is 0 Å². The monoisotopic (exact) mass is 320 g/mol. The van der Waals surface area contributed by atoms with Crippen LogP contribution in [0, 0.1) is 6.92 Å². The Hall–Kier alpha value is -2.04. The Balaban J connectivity index is 1.87. The first-order chi connectivity index (χ1) is 10.0. The van der Waals surface area contributed by atoms with Gasteiger partial charge in [-0.15, -0.1) is 0 Å². The van der Waals surface area contributed by atoms with Crippen molar-refractivity contribution in [3.8, 4) is 0 Å². The normalized spacial score (nSPS) is 10.8. The molecule has 0 bridgehead atoms. The Morgan fingerprint density at radius 3 is 2.71 bits per heavy atom. The molecule has 2 aromatic heterocycles. The summed E-state index contributed by atoms with van der Waals surface area (Å²) in [6, 6.07) is 10.1. The number of hydrogen-bond donors (Lipinski definition) is 1. The van der Waals surface area contributed by atoms with Gasteiger partial charge in [0.25, 0.3) is 5.91 Å². The summed E-state index contributed by atoms with van der Waals surface area (Å²) in [6.07, 6.45) is 0. The number of carbonyl (C=O) groups excluding carboxylic acids is 1. The van der Waals surface area contributed by atoms with Crippen molar-refractivity contribution in [1.29, 1.82) is 0 Å². The molecule has 0 aliphatic rings. The number of carbonyl (C=O) groups is 1. The number of nitrogens with zero attached hydrogens (tertiary/aromatic N) is 1. The number of furan rings is 1. The van der Waals surface area contributed by atoms with E-state index in [0.717, 1.165) is 5.69 Å². The van der Waals surface area contributed by atoms with Crippen LogP contribution in [-0.2, 0) is 0 Å². The van der Waals surface area contributed by atoms with Crippen LogP contribution in [0.5, 0.6) is 0 Å². The minimum atomic E-state index is -0.371. The van der Waals surface area contributed by atoms with Gasteiger partial charge in [0.15, 0.2) is 11.3 Å². The average molecular weight is 321 g/mol. The van der Waals surface area contributed by atoms with Crippen molar-refractivity contribution < 1.29 is 9.21 Å². The predicted molar refractivity (Wildman–Crippen MR) is 83.2 cm³/mol. The molecule has 3 rings (SSSR count). The molecule has 1 amide bonds. The molecule has 0 aliphatic carbocycles. The lowest BCUT2D eigenvalue weighted by molar-refractivity contribution is 0.0998. The van der Waals surface area contributed by atoms with Crippen LogP contribution >= 0.6 is 23.2 Å². The number of amides is 1. The predicted octanol–water partition coefficient (Wildman–Crippen LogP) is 4.70. The van der Waals surface area contributed by atoms with Crippen molar-refractivity contribution in [2.75, 3.05) is 5.32 Å². The van der Waals surface area contributed by atoms with E-state index in [1.165, 1.54) is 0 Å².